The van der Waals surface area contributed by atoms with Crippen molar-refractivity contribution in [3.05, 3.63) is 48.2 Å². The molecule has 0 saturated carbocycles. The highest BCUT2D eigenvalue weighted by Crippen LogP contribution is 2.21. The lowest BCUT2D eigenvalue weighted by Crippen LogP contribution is -2.03. The van der Waals surface area contributed by atoms with Crippen LogP contribution >= 0.6 is 0 Å². The summed E-state index contributed by atoms with van der Waals surface area (Å²) in [6, 6.07) is 0. The van der Waals surface area contributed by atoms with Crippen LogP contribution in [-0.2, 0) is 0 Å². The minimum atomic E-state index is 1.02. The van der Waals surface area contributed by atoms with E-state index >= 15 is 0 Å². The molecule has 0 amide bonds. The highest BCUT2D eigenvalue weighted by Gasteiger charge is 2.05. The third kappa shape index (κ3) is 4.36. The molecule has 0 atom stereocenters. The summed E-state index contributed by atoms with van der Waals surface area (Å²) in [4.78, 5) is 0. The summed E-state index contributed by atoms with van der Waals surface area (Å²) >= 11 is 0. The Balaban J connectivity index is 0.000000424. The molecule has 1 heteroatoms. The molecule has 0 fully saturated rings. The molecular weight excluding hydrogens is 158 g/mol. The second-order valence-corrected chi connectivity index (χ2v) is 3.00. The van der Waals surface area contributed by atoms with E-state index in [1.165, 1.54) is 16.8 Å². The number of allylic oxidation sites excluding steroid dienone is 5. The number of rotatable bonds is 2. The van der Waals surface area contributed by atoms with E-state index in [9.17, 15) is 0 Å². The summed E-state index contributed by atoms with van der Waals surface area (Å²) in [7, 11) is 1.95. The van der Waals surface area contributed by atoms with Gasteiger partial charge in [-0.15, -0.1) is 6.58 Å². The lowest BCUT2D eigenvalue weighted by Gasteiger charge is -2.02. The molecular formula is C12H19N. The van der Waals surface area contributed by atoms with Crippen LogP contribution in [0.1, 0.15) is 20.3 Å². The highest BCUT2D eigenvalue weighted by atomic mass is 14.8. The Morgan fingerprint density at radius 1 is 1.54 bits per heavy atom. The van der Waals surface area contributed by atoms with Gasteiger partial charge in [-0.05, 0) is 25.5 Å². The zero-order valence-corrected chi connectivity index (χ0v) is 8.85. The second kappa shape index (κ2) is 6.30. The van der Waals surface area contributed by atoms with Gasteiger partial charge in [0.1, 0.15) is 0 Å². The first-order chi connectivity index (χ1) is 6.15. The summed E-state index contributed by atoms with van der Waals surface area (Å²) in [6.07, 6.45) is 6.99. The van der Waals surface area contributed by atoms with Gasteiger partial charge in [0, 0.05) is 19.2 Å². The molecule has 0 aliphatic heterocycles. The van der Waals surface area contributed by atoms with Crippen molar-refractivity contribution in [1.82, 2.24) is 5.32 Å². The van der Waals surface area contributed by atoms with Gasteiger partial charge >= 0.3 is 0 Å². The summed E-state index contributed by atoms with van der Waals surface area (Å²) < 4.78 is 0. The van der Waals surface area contributed by atoms with E-state index in [-0.39, 0.29) is 0 Å². The van der Waals surface area contributed by atoms with Crippen LogP contribution in [0.3, 0.4) is 0 Å². The van der Waals surface area contributed by atoms with Gasteiger partial charge in [0.2, 0.25) is 0 Å². The van der Waals surface area contributed by atoms with E-state index in [0.717, 1.165) is 6.42 Å². The molecule has 1 N–H and O–H groups in total. The fourth-order valence-electron chi connectivity index (χ4n) is 0.989. The minimum Gasteiger partial charge on any atom is -0.391 e. The fraction of sp³-hybridized carbons (Fsp3) is 0.333. The van der Waals surface area contributed by atoms with Gasteiger partial charge in [-0.2, -0.15) is 0 Å². The van der Waals surface area contributed by atoms with Crippen molar-refractivity contribution in [2.45, 2.75) is 20.3 Å². The quantitative estimate of drug-likeness (QED) is 0.639. The molecule has 0 saturated heterocycles. The van der Waals surface area contributed by atoms with Crippen LogP contribution in [0.25, 0.3) is 0 Å². The number of nitrogens with one attached hydrogen (secondary N) is 1. The third-order valence-corrected chi connectivity index (χ3v) is 1.74. The molecule has 0 unspecified atom stereocenters. The largest absolute Gasteiger partial charge is 0.391 e. The molecule has 72 valence electrons. The molecule has 1 rings (SSSR count). The van der Waals surface area contributed by atoms with Crippen LogP contribution in [0.15, 0.2) is 48.2 Å². The Labute approximate surface area is 81.5 Å². The molecule has 0 heterocycles. The van der Waals surface area contributed by atoms with Gasteiger partial charge in [-0.1, -0.05) is 24.3 Å². The van der Waals surface area contributed by atoms with Crippen LogP contribution < -0.4 is 5.32 Å². The average Bonchev–Trinajstić information content (AvgIpc) is 2.53. The molecule has 1 aliphatic carbocycles. The normalized spacial score (nSPS) is 13.5. The fourth-order valence-corrected chi connectivity index (χ4v) is 0.989. The summed E-state index contributed by atoms with van der Waals surface area (Å²) in [5, 5.41) is 3.12. The number of hydrogen-bond acceptors (Lipinski definition) is 1. The minimum absolute atomic E-state index is 1.02. The lowest BCUT2D eigenvalue weighted by molar-refractivity contribution is 0.935. The summed E-state index contributed by atoms with van der Waals surface area (Å²) in [5.41, 5.74) is 3.78. The first kappa shape index (κ1) is 11.8. The predicted octanol–water partition coefficient (Wildman–Crippen LogP) is 3.19. The maximum Gasteiger partial charge on any atom is 0.0149 e. The Morgan fingerprint density at radius 3 is 2.31 bits per heavy atom. The summed E-state index contributed by atoms with van der Waals surface area (Å²) in [6.45, 7) is 11.2. The molecule has 0 aromatic rings. The van der Waals surface area contributed by atoms with Crippen LogP contribution in [0.2, 0.25) is 0 Å². The topological polar surface area (TPSA) is 12.0 Å². The molecule has 0 aromatic heterocycles. The van der Waals surface area contributed by atoms with E-state index in [4.69, 9.17) is 0 Å². The van der Waals surface area contributed by atoms with Gasteiger partial charge in [-0.25, -0.2) is 0 Å². The van der Waals surface area contributed by atoms with Crippen LogP contribution in [-0.4, -0.2) is 7.05 Å². The monoisotopic (exact) mass is 177 g/mol. The lowest BCUT2D eigenvalue weighted by atomic mass is 10.1. The van der Waals surface area contributed by atoms with Crippen molar-refractivity contribution in [3.8, 4) is 0 Å². The zero-order chi connectivity index (χ0) is 10.3. The van der Waals surface area contributed by atoms with E-state index in [2.05, 4.69) is 30.6 Å². The summed E-state index contributed by atoms with van der Waals surface area (Å²) in [5.74, 6) is 0. The second-order valence-electron chi connectivity index (χ2n) is 3.00. The predicted molar refractivity (Wildman–Crippen MR) is 60.5 cm³/mol. The number of hydrogen-bond donors (Lipinski definition) is 1. The van der Waals surface area contributed by atoms with Gasteiger partial charge in [-0.3, -0.25) is 0 Å². The Hall–Kier alpha value is -1.24. The van der Waals surface area contributed by atoms with E-state index in [1.54, 1.807) is 6.08 Å². The first-order valence-corrected chi connectivity index (χ1v) is 4.46. The molecule has 0 bridgehead atoms. The molecule has 0 radical (unpaired) electrons. The maximum absolute atomic E-state index is 3.88. The van der Waals surface area contributed by atoms with Crippen LogP contribution in [0.4, 0.5) is 0 Å². The van der Waals surface area contributed by atoms with Gasteiger partial charge in [0.15, 0.2) is 0 Å². The van der Waals surface area contributed by atoms with E-state index < -0.39 is 0 Å². The zero-order valence-electron chi connectivity index (χ0n) is 8.85. The van der Waals surface area contributed by atoms with E-state index in [0.29, 0.717) is 0 Å². The standard InChI is InChI=1S/C9H13N.C3H6/c1-7(2)8-4-5-9(6-8)10-3;1-3-2/h4-5,10H,1,6H2,2-3H3;3H,1H2,2H3. The molecule has 0 aromatic carbocycles. The molecule has 1 nitrogen and oxygen atoms in total. The van der Waals surface area contributed by atoms with Crippen molar-refractivity contribution in [3.63, 3.8) is 0 Å². The van der Waals surface area contributed by atoms with Crippen LogP contribution in [0.5, 0.6) is 0 Å². The average molecular weight is 177 g/mol. The van der Waals surface area contributed by atoms with Crippen molar-refractivity contribution < 1.29 is 0 Å². The van der Waals surface area contributed by atoms with Gasteiger partial charge in [0.25, 0.3) is 0 Å². The molecule has 13 heavy (non-hydrogen) atoms. The van der Waals surface area contributed by atoms with Crippen LogP contribution in [0, 0.1) is 0 Å². The molecule has 1 aliphatic rings. The molecule has 0 spiro atoms. The van der Waals surface area contributed by atoms with Gasteiger partial charge < -0.3 is 5.32 Å². The van der Waals surface area contributed by atoms with E-state index in [1.807, 2.05) is 20.9 Å². The highest BCUT2D eigenvalue weighted by molar-refractivity contribution is 5.39. The van der Waals surface area contributed by atoms with Crippen molar-refractivity contribution in [2.75, 3.05) is 7.05 Å². The Kier molecular flexibility index (Phi) is 5.69. The SMILES string of the molecule is C=C(C)C1=CC=C(NC)C1.C=CC. The Morgan fingerprint density at radius 2 is 2.08 bits per heavy atom. The maximum atomic E-state index is 3.88. The third-order valence-electron chi connectivity index (χ3n) is 1.74. The smallest absolute Gasteiger partial charge is 0.0149 e. The van der Waals surface area contributed by atoms with Gasteiger partial charge in [0.05, 0.1) is 0 Å². The Bertz CT molecular complexity index is 244. The van der Waals surface area contributed by atoms with Crippen molar-refractivity contribution >= 4 is 0 Å². The van der Waals surface area contributed by atoms with Crippen molar-refractivity contribution in [2.24, 2.45) is 0 Å². The van der Waals surface area contributed by atoms with Crippen molar-refractivity contribution in [1.29, 1.82) is 0 Å². The first-order valence-electron chi connectivity index (χ1n) is 4.46.